The van der Waals surface area contributed by atoms with Gasteiger partial charge in [-0.1, -0.05) is 0 Å². The zero-order chi connectivity index (χ0) is 10.3. The van der Waals surface area contributed by atoms with Gasteiger partial charge >= 0.3 is 5.97 Å². The zero-order valence-electron chi connectivity index (χ0n) is 7.24. The number of nitrogens with zero attached hydrogens (tertiary/aromatic N) is 2. The summed E-state index contributed by atoms with van der Waals surface area (Å²) < 4.78 is 0. The van der Waals surface area contributed by atoms with Crippen molar-refractivity contribution in [3.63, 3.8) is 0 Å². The fourth-order valence-electron chi connectivity index (χ4n) is 1.51. The van der Waals surface area contributed by atoms with Gasteiger partial charge in [-0.2, -0.15) is 10.4 Å². The van der Waals surface area contributed by atoms with Crippen molar-refractivity contribution in [2.75, 3.05) is 5.73 Å². The van der Waals surface area contributed by atoms with Crippen LogP contribution in [0, 0.1) is 11.3 Å². The molecule has 1 aromatic heterocycles. The largest absolute Gasteiger partial charge is 0.481 e. The van der Waals surface area contributed by atoms with Gasteiger partial charge in [0, 0.05) is 0 Å². The van der Waals surface area contributed by atoms with Gasteiger partial charge in [0.2, 0.25) is 0 Å². The van der Waals surface area contributed by atoms with Gasteiger partial charge in [0.05, 0.1) is 5.69 Å². The molecule has 1 aliphatic rings. The highest BCUT2D eigenvalue weighted by Gasteiger charge is 2.54. The summed E-state index contributed by atoms with van der Waals surface area (Å²) in [5.41, 5.74) is 4.97. The van der Waals surface area contributed by atoms with Crippen LogP contribution in [0.3, 0.4) is 0 Å². The Morgan fingerprint density at radius 1 is 1.71 bits per heavy atom. The molecule has 1 fully saturated rings. The Kier molecular flexibility index (Phi) is 1.52. The summed E-state index contributed by atoms with van der Waals surface area (Å²) in [4.78, 5) is 11.0. The molecular formula is C8H8N4O2. The summed E-state index contributed by atoms with van der Waals surface area (Å²) >= 11 is 0. The number of hydrogen-bond acceptors (Lipinski definition) is 4. The molecule has 6 heteroatoms. The molecule has 0 bridgehead atoms. The van der Waals surface area contributed by atoms with Crippen LogP contribution in [0.1, 0.15) is 24.1 Å². The van der Waals surface area contributed by atoms with E-state index in [1.807, 2.05) is 6.07 Å². The lowest BCUT2D eigenvalue weighted by Crippen LogP contribution is -2.21. The molecule has 0 radical (unpaired) electrons. The third kappa shape index (κ3) is 0.893. The maximum absolute atomic E-state index is 11.0. The summed E-state index contributed by atoms with van der Waals surface area (Å²) in [7, 11) is 0. The van der Waals surface area contributed by atoms with Gasteiger partial charge in [-0.15, -0.1) is 0 Å². The van der Waals surface area contributed by atoms with Crippen LogP contribution in [0.4, 0.5) is 5.82 Å². The molecule has 0 amide bonds. The topological polar surface area (TPSA) is 116 Å². The lowest BCUT2D eigenvalue weighted by atomic mass is 9.99. The molecule has 2 rings (SSSR count). The van der Waals surface area contributed by atoms with Gasteiger partial charge in [0.1, 0.15) is 17.0 Å². The van der Waals surface area contributed by atoms with Crippen LogP contribution >= 0.6 is 0 Å². The lowest BCUT2D eigenvalue weighted by molar-refractivity contribution is -0.140. The number of aliphatic carboxylic acids is 1. The molecule has 14 heavy (non-hydrogen) atoms. The Labute approximate surface area is 79.3 Å². The van der Waals surface area contributed by atoms with E-state index < -0.39 is 11.4 Å². The van der Waals surface area contributed by atoms with Gasteiger partial charge in [0.15, 0.2) is 5.82 Å². The van der Waals surface area contributed by atoms with E-state index in [1.54, 1.807) is 0 Å². The number of H-pyrrole nitrogens is 1. The van der Waals surface area contributed by atoms with E-state index in [2.05, 4.69) is 10.2 Å². The Morgan fingerprint density at radius 3 is 2.79 bits per heavy atom. The van der Waals surface area contributed by atoms with Crippen molar-refractivity contribution >= 4 is 11.8 Å². The molecule has 0 aliphatic heterocycles. The number of anilines is 1. The third-order valence-corrected chi connectivity index (χ3v) is 2.54. The highest BCUT2D eigenvalue weighted by Crippen LogP contribution is 2.49. The second kappa shape index (κ2) is 2.48. The first-order chi connectivity index (χ1) is 6.62. The maximum atomic E-state index is 11.0. The Morgan fingerprint density at radius 2 is 2.36 bits per heavy atom. The van der Waals surface area contributed by atoms with Crippen LogP contribution in [0.5, 0.6) is 0 Å². The molecule has 1 saturated carbocycles. The average Bonchev–Trinajstić information content (AvgIpc) is 2.86. The Balaban J connectivity index is 2.53. The fourth-order valence-corrected chi connectivity index (χ4v) is 1.51. The number of carboxylic acid groups (broad SMARTS) is 1. The highest BCUT2D eigenvalue weighted by atomic mass is 16.4. The molecule has 0 unspecified atom stereocenters. The molecule has 1 aliphatic carbocycles. The fraction of sp³-hybridized carbons (Fsp3) is 0.375. The standard InChI is InChI=1S/C8H8N4O2/c9-3-4-5(11-12-6(4)10)8(1-2-8)7(13)14/h1-2H2,(H,13,14)(H3,10,11,12). The number of nitrogens with one attached hydrogen (secondary N) is 1. The monoisotopic (exact) mass is 192 g/mol. The van der Waals surface area contributed by atoms with E-state index in [9.17, 15) is 4.79 Å². The van der Waals surface area contributed by atoms with Crippen molar-refractivity contribution in [1.29, 1.82) is 5.26 Å². The van der Waals surface area contributed by atoms with E-state index in [4.69, 9.17) is 16.1 Å². The third-order valence-electron chi connectivity index (χ3n) is 2.54. The molecule has 0 atom stereocenters. The van der Waals surface area contributed by atoms with Crippen LogP contribution < -0.4 is 5.73 Å². The second-order valence-electron chi connectivity index (χ2n) is 3.36. The van der Waals surface area contributed by atoms with Crippen molar-refractivity contribution in [3.8, 4) is 6.07 Å². The van der Waals surface area contributed by atoms with Gasteiger partial charge in [-0.25, -0.2) is 0 Å². The van der Waals surface area contributed by atoms with Gasteiger partial charge in [0.25, 0.3) is 0 Å². The summed E-state index contributed by atoms with van der Waals surface area (Å²) in [6, 6.07) is 1.86. The van der Waals surface area contributed by atoms with E-state index in [-0.39, 0.29) is 11.4 Å². The average molecular weight is 192 g/mol. The first kappa shape index (κ1) is 8.56. The molecule has 72 valence electrons. The van der Waals surface area contributed by atoms with Crippen LogP contribution in [-0.2, 0) is 10.2 Å². The quantitative estimate of drug-likeness (QED) is 0.608. The zero-order valence-corrected chi connectivity index (χ0v) is 7.24. The van der Waals surface area contributed by atoms with Crippen molar-refractivity contribution in [1.82, 2.24) is 10.2 Å². The maximum Gasteiger partial charge on any atom is 0.315 e. The Bertz CT molecular complexity index is 439. The molecule has 0 spiro atoms. The van der Waals surface area contributed by atoms with E-state index in [1.165, 1.54) is 0 Å². The molecule has 0 saturated heterocycles. The number of hydrogen-bond donors (Lipinski definition) is 3. The highest BCUT2D eigenvalue weighted by molar-refractivity contribution is 5.85. The first-order valence-corrected chi connectivity index (χ1v) is 4.09. The number of nitrogens with two attached hydrogens (primary N) is 1. The number of aromatic amines is 1. The predicted molar refractivity (Wildman–Crippen MR) is 46.3 cm³/mol. The van der Waals surface area contributed by atoms with Crippen LogP contribution in [-0.4, -0.2) is 21.3 Å². The molecule has 6 nitrogen and oxygen atoms in total. The number of carboxylic acids is 1. The molecular weight excluding hydrogens is 184 g/mol. The number of carbonyl (C=O) groups is 1. The van der Waals surface area contributed by atoms with Crippen molar-refractivity contribution < 1.29 is 9.90 Å². The summed E-state index contributed by atoms with van der Waals surface area (Å²) in [5, 5.41) is 23.9. The smallest absolute Gasteiger partial charge is 0.315 e. The van der Waals surface area contributed by atoms with Gasteiger partial charge in [-0.05, 0) is 12.8 Å². The number of nitriles is 1. The van der Waals surface area contributed by atoms with E-state index >= 15 is 0 Å². The number of rotatable bonds is 2. The SMILES string of the molecule is N#Cc1c(N)n[nH]c1C1(C(=O)O)CC1. The van der Waals surface area contributed by atoms with Gasteiger partial charge in [-0.3, -0.25) is 9.89 Å². The van der Waals surface area contributed by atoms with Crippen molar-refractivity contribution in [3.05, 3.63) is 11.3 Å². The van der Waals surface area contributed by atoms with Gasteiger partial charge < -0.3 is 10.8 Å². The number of aromatic nitrogens is 2. The lowest BCUT2D eigenvalue weighted by Gasteiger charge is -2.06. The second-order valence-corrected chi connectivity index (χ2v) is 3.36. The molecule has 1 aromatic rings. The van der Waals surface area contributed by atoms with Crippen molar-refractivity contribution in [2.24, 2.45) is 0 Å². The van der Waals surface area contributed by atoms with Crippen LogP contribution in [0.25, 0.3) is 0 Å². The molecule has 0 aromatic carbocycles. The summed E-state index contributed by atoms with van der Waals surface area (Å²) in [5.74, 6) is -0.868. The summed E-state index contributed by atoms with van der Waals surface area (Å²) in [6.45, 7) is 0. The Hall–Kier alpha value is -2.03. The normalized spacial score (nSPS) is 17.4. The van der Waals surface area contributed by atoms with E-state index in [0.717, 1.165) is 0 Å². The minimum absolute atomic E-state index is 0.0648. The van der Waals surface area contributed by atoms with Crippen molar-refractivity contribution in [2.45, 2.75) is 18.3 Å². The van der Waals surface area contributed by atoms with E-state index in [0.29, 0.717) is 18.5 Å². The minimum atomic E-state index is -0.949. The first-order valence-electron chi connectivity index (χ1n) is 4.09. The minimum Gasteiger partial charge on any atom is -0.481 e. The van der Waals surface area contributed by atoms with Crippen LogP contribution in [0.15, 0.2) is 0 Å². The van der Waals surface area contributed by atoms with Crippen LogP contribution in [0.2, 0.25) is 0 Å². The summed E-state index contributed by atoms with van der Waals surface area (Å²) in [6.07, 6.45) is 1.05. The molecule has 4 N–H and O–H groups in total. The molecule has 1 heterocycles. The predicted octanol–water partition coefficient (Wildman–Crippen LogP) is -0.0202. The number of nitrogen functional groups attached to an aromatic ring is 1.